The largest absolute Gasteiger partial charge is 0.543 e. The van der Waals surface area contributed by atoms with Gasteiger partial charge in [-0.15, -0.1) is 0 Å². The minimum atomic E-state index is -1.52. The Morgan fingerprint density at radius 3 is 2.32 bits per heavy atom. The minimum Gasteiger partial charge on any atom is -0.543 e. The molecule has 184 valence electrons. The maximum absolute atomic E-state index is 12.3. The van der Waals surface area contributed by atoms with Gasteiger partial charge in [-0.05, 0) is 74.2 Å². The Balaban J connectivity index is 2.10. The molecule has 2 aromatic carbocycles. The van der Waals surface area contributed by atoms with Crippen LogP contribution in [0.5, 0.6) is 17.2 Å². The minimum absolute atomic E-state index is 0.375. The molecule has 1 N–H and O–H groups in total. The van der Waals surface area contributed by atoms with Crippen molar-refractivity contribution in [2.75, 3.05) is 19.8 Å². The number of carbonyl (C=O) groups excluding carboxylic acids is 2. The van der Waals surface area contributed by atoms with Crippen LogP contribution in [0.4, 0.5) is 0 Å². The molecule has 2 aromatic rings. The summed E-state index contributed by atoms with van der Waals surface area (Å²) in [7, 11) is 0. The number of hydrogen-bond donors (Lipinski definition) is 1. The predicted molar refractivity (Wildman–Crippen MR) is 130 cm³/mol. The van der Waals surface area contributed by atoms with E-state index in [-0.39, 0.29) is 6.61 Å². The Bertz CT molecular complexity index is 1010. The highest BCUT2D eigenvalue weighted by Gasteiger charge is 2.11. The van der Waals surface area contributed by atoms with E-state index in [1.165, 1.54) is 6.08 Å². The van der Waals surface area contributed by atoms with Gasteiger partial charge in [-0.2, -0.15) is 0 Å². The highest BCUT2D eigenvalue weighted by Crippen LogP contribution is 2.30. The topological polar surface area (TPSA) is 96.9 Å². The van der Waals surface area contributed by atoms with Crippen LogP contribution in [0.25, 0.3) is 6.08 Å². The summed E-state index contributed by atoms with van der Waals surface area (Å²) < 4.78 is 16.9. The molecule has 0 atom stereocenters. The number of amides is 1. The third-order valence-corrected chi connectivity index (χ3v) is 5.45. The summed E-state index contributed by atoms with van der Waals surface area (Å²) in [5, 5.41) is 14.6. The number of aliphatic carboxylic acids is 1. The average Bonchev–Trinajstić information content (AvgIpc) is 2.79. The molecule has 8 heteroatoms. The lowest BCUT2D eigenvalue weighted by Crippen LogP contribution is -2.37. The second-order valence-electron chi connectivity index (χ2n) is 7.75. The molecule has 0 aliphatic rings. The van der Waals surface area contributed by atoms with E-state index in [1.807, 2.05) is 20.8 Å². The van der Waals surface area contributed by atoms with Gasteiger partial charge in [0.05, 0.1) is 24.9 Å². The molecule has 34 heavy (non-hydrogen) atoms. The molecule has 0 heterocycles. The molecule has 0 aliphatic heterocycles. The molecule has 1 amide bonds. The highest BCUT2D eigenvalue weighted by molar-refractivity contribution is 6.32. The van der Waals surface area contributed by atoms with Crippen molar-refractivity contribution in [1.82, 2.24) is 5.32 Å². The first-order chi connectivity index (χ1) is 16.2. The summed E-state index contributed by atoms with van der Waals surface area (Å²) in [5.41, 5.74) is 1.75. The van der Waals surface area contributed by atoms with E-state index >= 15 is 0 Å². The van der Waals surface area contributed by atoms with Crippen LogP contribution >= 0.6 is 11.6 Å². The number of carboxylic acids is 1. The van der Waals surface area contributed by atoms with Crippen molar-refractivity contribution in [2.45, 2.75) is 47.0 Å². The number of aryl methyl sites for hydroxylation is 2. The Kier molecular flexibility index (Phi) is 10.7. The third kappa shape index (κ3) is 8.30. The average molecular weight is 489 g/mol. The fourth-order valence-corrected chi connectivity index (χ4v) is 3.28. The van der Waals surface area contributed by atoms with Gasteiger partial charge in [0.1, 0.15) is 5.75 Å². The number of ether oxygens (including phenoxy) is 3. The van der Waals surface area contributed by atoms with Crippen molar-refractivity contribution in [2.24, 2.45) is 0 Å². The van der Waals surface area contributed by atoms with Crippen LogP contribution in [0.2, 0.25) is 5.02 Å². The summed E-state index contributed by atoms with van der Waals surface area (Å²) in [4.78, 5) is 23.9. The lowest BCUT2D eigenvalue weighted by atomic mass is 10.1. The molecule has 0 radical (unpaired) electrons. The number of hydrogen-bond acceptors (Lipinski definition) is 6. The van der Waals surface area contributed by atoms with Crippen LogP contribution in [0.15, 0.2) is 36.0 Å². The molecule has 0 fully saturated rings. The van der Waals surface area contributed by atoms with E-state index in [9.17, 15) is 14.7 Å². The zero-order valence-electron chi connectivity index (χ0n) is 20.0. The van der Waals surface area contributed by atoms with Crippen LogP contribution in [0.3, 0.4) is 0 Å². The standard InChI is InChI=1S/C26H32ClNO6/c1-5-7-8-11-33-22-10-9-19(15-23(22)32-6-2)14-21(26(30)31)28-24(29)16-34-20-12-17(3)25(27)18(4)13-20/h9-10,12-15H,5-8,11,16H2,1-4H3,(H,28,29)(H,30,31)/p-1/b21-14+. The van der Waals surface area contributed by atoms with Gasteiger partial charge >= 0.3 is 0 Å². The maximum atomic E-state index is 12.3. The normalized spacial score (nSPS) is 11.1. The fourth-order valence-electron chi connectivity index (χ4n) is 3.17. The second kappa shape index (κ2) is 13.5. The van der Waals surface area contributed by atoms with Crippen LogP contribution in [-0.2, 0) is 9.59 Å². The molecule has 0 saturated heterocycles. The van der Waals surface area contributed by atoms with Crippen molar-refractivity contribution in [3.63, 3.8) is 0 Å². The number of nitrogens with one attached hydrogen (secondary N) is 1. The third-order valence-electron chi connectivity index (χ3n) is 4.86. The van der Waals surface area contributed by atoms with Gasteiger partial charge in [-0.3, -0.25) is 4.79 Å². The van der Waals surface area contributed by atoms with E-state index in [0.717, 1.165) is 30.4 Å². The van der Waals surface area contributed by atoms with E-state index in [4.69, 9.17) is 25.8 Å². The smallest absolute Gasteiger partial charge is 0.262 e. The zero-order valence-corrected chi connectivity index (χ0v) is 20.8. The molecule has 0 unspecified atom stereocenters. The molecular formula is C26H31ClNO6-. The molecule has 0 saturated carbocycles. The molecular weight excluding hydrogens is 458 g/mol. The first-order valence-corrected chi connectivity index (χ1v) is 11.6. The van der Waals surface area contributed by atoms with Crippen molar-refractivity contribution in [3.05, 3.63) is 57.7 Å². The number of carbonyl (C=O) groups is 2. The van der Waals surface area contributed by atoms with Gasteiger partial charge < -0.3 is 29.4 Å². The van der Waals surface area contributed by atoms with Crippen molar-refractivity contribution in [3.8, 4) is 17.2 Å². The number of halogens is 1. The first-order valence-electron chi connectivity index (χ1n) is 11.3. The second-order valence-corrected chi connectivity index (χ2v) is 8.13. The quantitative estimate of drug-likeness (QED) is 0.335. The molecule has 0 aliphatic carbocycles. The van der Waals surface area contributed by atoms with E-state index in [1.54, 1.807) is 30.3 Å². The SMILES string of the molecule is CCCCCOc1ccc(/C=C(/NC(=O)COc2cc(C)c(Cl)c(C)c2)C(=O)[O-])cc1OCC. The Labute approximate surface area is 205 Å². The van der Waals surface area contributed by atoms with Crippen molar-refractivity contribution >= 4 is 29.6 Å². The van der Waals surface area contributed by atoms with Crippen molar-refractivity contribution in [1.29, 1.82) is 0 Å². The number of rotatable bonds is 13. The van der Waals surface area contributed by atoms with Gasteiger partial charge in [0.2, 0.25) is 0 Å². The summed E-state index contributed by atoms with van der Waals surface area (Å²) in [6, 6.07) is 8.47. The van der Waals surface area contributed by atoms with Crippen LogP contribution in [-0.4, -0.2) is 31.7 Å². The van der Waals surface area contributed by atoms with Gasteiger partial charge in [-0.1, -0.05) is 37.4 Å². The Morgan fingerprint density at radius 2 is 1.71 bits per heavy atom. The Morgan fingerprint density at radius 1 is 1.00 bits per heavy atom. The van der Waals surface area contributed by atoms with Gasteiger partial charge in [0, 0.05) is 5.02 Å². The summed E-state index contributed by atoms with van der Waals surface area (Å²) in [6.45, 7) is 8.24. The van der Waals surface area contributed by atoms with Crippen LogP contribution in [0, 0.1) is 13.8 Å². The van der Waals surface area contributed by atoms with Crippen molar-refractivity contribution < 1.29 is 28.9 Å². The number of unbranched alkanes of at least 4 members (excludes halogenated alkanes) is 2. The molecule has 2 rings (SSSR count). The number of carboxylic acid groups (broad SMARTS) is 1. The number of benzene rings is 2. The van der Waals surface area contributed by atoms with Crippen LogP contribution < -0.4 is 24.6 Å². The van der Waals surface area contributed by atoms with Gasteiger partial charge in [0.15, 0.2) is 18.1 Å². The predicted octanol–water partition coefficient (Wildman–Crippen LogP) is 4.21. The monoisotopic (exact) mass is 488 g/mol. The molecule has 0 spiro atoms. The maximum Gasteiger partial charge on any atom is 0.262 e. The zero-order chi connectivity index (χ0) is 25.1. The van der Waals surface area contributed by atoms with E-state index in [2.05, 4.69) is 12.2 Å². The first kappa shape index (κ1) is 27.1. The summed E-state index contributed by atoms with van der Waals surface area (Å²) >= 11 is 6.14. The molecule has 0 aromatic heterocycles. The lowest BCUT2D eigenvalue weighted by molar-refractivity contribution is -0.299. The highest BCUT2D eigenvalue weighted by atomic mass is 35.5. The van der Waals surface area contributed by atoms with Gasteiger partial charge in [-0.25, -0.2) is 0 Å². The van der Waals surface area contributed by atoms with E-state index in [0.29, 0.717) is 41.0 Å². The summed E-state index contributed by atoms with van der Waals surface area (Å²) in [5.74, 6) is -0.625. The Hall–Kier alpha value is -3.19. The molecule has 7 nitrogen and oxygen atoms in total. The van der Waals surface area contributed by atoms with Crippen LogP contribution in [0.1, 0.15) is 49.8 Å². The summed E-state index contributed by atoms with van der Waals surface area (Å²) in [6.07, 6.45) is 4.39. The van der Waals surface area contributed by atoms with E-state index < -0.39 is 17.6 Å². The van der Waals surface area contributed by atoms with Gasteiger partial charge in [0.25, 0.3) is 5.91 Å². The molecule has 0 bridgehead atoms. The lowest BCUT2D eigenvalue weighted by Gasteiger charge is -2.14. The fraction of sp³-hybridized carbons (Fsp3) is 0.385.